The van der Waals surface area contributed by atoms with Crippen molar-refractivity contribution in [3.63, 3.8) is 0 Å². The van der Waals surface area contributed by atoms with Gasteiger partial charge in [-0.1, -0.05) is 12.1 Å². The summed E-state index contributed by atoms with van der Waals surface area (Å²) in [5.74, 6) is 0.229. The molecule has 2 aromatic heterocycles. The summed E-state index contributed by atoms with van der Waals surface area (Å²) in [5, 5.41) is 0. The summed E-state index contributed by atoms with van der Waals surface area (Å²) in [7, 11) is 1.87. The minimum atomic E-state index is -0.172. The molecule has 1 aliphatic rings. The van der Waals surface area contributed by atoms with Crippen molar-refractivity contribution in [2.75, 3.05) is 13.1 Å². The number of hydrogen-bond acceptors (Lipinski definition) is 3. The van der Waals surface area contributed by atoms with E-state index in [0.29, 0.717) is 34.8 Å². The largest absolute Gasteiger partial charge is 0.338 e. The highest BCUT2D eigenvalue weighted by Crippen LogP contribution is 2.25. The molecule has 5 nitrogen and oxygen atoms in total. The molecule has 1 unspecified atom stereocenters. The fourth-order valence-corrected chi connectivity index (χ4v) is 3.72. The highest BCUT2D eigenvalue weighted by Gasteiger charge is 2.28. The lowest BCUT2D eigenvalue weighted by atomic mass is 9.97. The van der Waals surface area contributed by atoms with E-state index in [1.165, 1.54) is 6.07 Å². The lowest BCUT2D eigenvalue weighted by molar-refractivity contribution is 0.0789. The molecule has 1 fully saturated rings. The van der Waals surface area contributed by atoms with Gasteiger partial charge in [-0.25, -0.2) is 14.4 Å². The van der Waals surface area contributed by atoms with Crippen LogP contribution in [-0.4, -0.2) is 38.4 Å². The Bertz CT molecular complexity index is 981. The third kappa shape index (κ3) is 2.96. The molecule has 0 N–H and O–H groups in total. The molecule has 1 aromatic carbocycles. The number of fused-ring (bicyclic) bond motifs is 1. The van der Waals surface area contributed by atoms with Gasteiger partial charge in [0.05, 0.1) is 11.9 Å². The Balaban J connectivity index is 1.49. The minimum absolute atomic E-state index is 0.00823. The lowest BCUT2D eigenvalue weighted by Gasteiger charge is -2.17. The third-order valence-corrected chi connectivity index (χ3v) is 5.15. The average molecular weight is 352 g/mol. The van der Waals surface area contributed by atoms with Crippen LogP contribution in [0.5, 0.6) is 0 Å². The molecule has 4 rings (SSSR count). The zero-order valence-corrected chi connectivity index (χ0v) is 14.9. The molecule has 134 valence electrons. The van der Waals surface area contributed by atoms with Crippen molar-refractivity contribution >= 4 is 17.1 Å². The number of carbonyl (C=O) groups excluding carboxylic acids is 1. The molecule has 1 atom stereocenters. The van der Waals surface area contributed by atoms with Crippen molar-refractivity contribution in [1.82, 2.24) is 19.4 Å². The number of likely N-dealkylation sites (tertiary alicyclic amines) is 1. The maximum atomic E-state index is 13.4. The van der Waals surface area contributed by atoms with Crippen molar-refractivity contribution in [3.8, 4) is 0 Å². The fraction of sp³-hybridized carbons (Fsp3) is 0.350. The maximum Gasteiger partial charge on any atom is 0.256 e. The Hall–Kier alpha value is -2.76. The molecule has 6 heteroatoms. The number of nitrogens with zero attached hydrogens (tertiary/aromatic N) is 4. The molecule has 1 saturated heterocycles. The van der Waals surface area contributed by atoms with Crippen LogP contribution < -0.4 is 0 Å². The normalized spacial score (nSPS) is 17.2. The summed E-state index contributed by atoms with van der Waals surface area (Å²) < 4.78 is 15.2. The summed E-state index contributed by atoms with van der Waals surface area (Å²) in [6.45, 7) is 3.23. The van der Waals surface area contributed by atoms with E-state index in [1.54, 1.807) is 25.5 Å². The summed E-state index contributed by atoms with van der Waals surface area (Å²) in [5.41, 5.74) is 3.77. The second kappa shape index (κ2) is 6.52. The smallest absolute Gasteiger partial charge is 0.256 e. The first-order valence-corrected chi connectivity index (χ1v) is 8.83. The number of rotatable bonds is 3. The van der Waals surface area contributed by atoms with E-state index in [9.17, 15) is 9.18 Å². The number of amides is 1. The number of benzene rings is 1. The Morgan fingerprint density at radius 3 is 2.96 bits per heavy atom. The summed E-state index contributed by atoms with van der Waals surface area (Å²) in [4.78, 5) is 23.5. The van der Waals surface area contributed by atoms with Crippen molar-refractivity contribution in [3.05, 3.63) is 59.3 Å². The van der Waals surface area contributed by atoms with E-state index in [4.69, 9.17) is 0 Å². The molecule has 0 aliphatic carbocycles. The van der Waals surface area contributed by atoms with Gasteiger partial charge in [-0.3, -0.25) is 4.79 Å². The molecular weight excluding hydrogens is 331 g/mol. The maximum absolute atomic E-state index is 13.4. The van der Waals surface area contributed by atoms with Gasteiger partial charge in [-0.15, -0.1) is 0 Å². The number of aryl methyl sites for hydroxylation is 2. The Morgan fingerprint density at radius 2 is 2.15 bits per heavy atom. The van der Waals surface area contributed by atoms with Crippen LogP contribution in [0.4, 0.5) is 4.39 Å². The van der Waals surface area contributed by atoms with Gasteiger partial charge in [0.15, 0.2) is 5.65 Å². The molecule has 1 aliphatic heterocycles. The van der Waals surface area contributed by atoms with Gasteiger partial charge in [-0.2, -0.15) is 0 Å². The van der Waals surface area contributed by atoms with Gasteiger partial charge < -0.3 is 9.47 Å². The molecule has 0 spiro atoms. The van der Waals surface area contributed by atoms with Crippen LogP contribution in [0.25, 0.3) is 11.2 Å². The number of pyridine rings is 1. The van der Waals surface area contributed by atoms with Gasteiger partial charge in [-0.05, 0) is 48.9 Å². The summed E-state index contributed by atoms with van der Waals surface area (Å²) in [6.07, 6.45) is 5.16. The van der Waals surface area contributed by atoms with Crippen molar-refractivity contribution in [2.24, 2.45) is 13.0 Å². The zero-order valence-electron chi connectivity index (χ0n) is 14.9. The monoisotopic (exact) mass is 352 g/mol. The molecule has 0 saturated carbocycles. The highest BCUT2D eigenvalue weighted by molar-refractivity contribution is 6.04. The van der Waals surface area contributed by atoms with Gasteiger partial charge >= 0.3 is 0 Å². The first kappa shape index (κ1) is 16.7. The molecule has 3 aromatic rings. The first-order chi connectivity index (χ1) is 12.5. The fourth-order valence-electron chi connectivity index (χ4n) is 3.72. The second-order valence-corrected chi connectivity index (χ2v) is 7.08. The lowest BCUT2D eigenvalue weighted by Crippen LogP contribution is -2.29. The molecule has 26 heavy (non-hydrogen) atoms. The van der Waals surface area contributed by atoms with Gasteiger partial charge in [0.2, 0.25) is 0 Å². The Labute approximate surface area is 151 Å². The van der Waals surface area contributed by atoms with Gasteiger partial charge in [0.25, 0.3) is 5.91 Å². The van der Waals surface area contributed by atoms with Crippen LogP contribution in [0.3, 0.4) is 0 Å². The van der Waals surface area contributed by atoms with Crippen LogP contribution in [0.2, 0.25) is 0 Å². The number of hydrogen-bond donors (Lipinski definition) is 0. The number of halogens is 1. The Morgan fingerprint density at radius 1 is 1.31 bits per heavy atom. The SMILES string of the molecule is Cc1cc(CC2CCN(C(=O)c3ccnc4c3ncn4C)C2)ccc1F. The van der Waals surface area contributed by atoms with Crippen molar-refractivity contribution in [2.45, 2.75) is 19.8 Å². The van der Waals surface area contributed by atoms with Crippen molar-refractivity contribution < 1.29 is 9.18 Å². The average Bonchev–Trinajstić information content (AvgIpc) is 3.25. The van der Waals surface area contributed by atoms with E-state index < -0.39 is 0 Å². The quantitative estimate of drug-likeness (QED) is 0.728. The molecule has 1 amide bonds. The van der Waals surface area contributed by atoms with Crippen molar-refractivity contribution in [1.29, 1.82) is 0 Å². The van der Waals surface area contributed by atoms with Gasteiger partial charge in [0.1, 0.15) is 11.3 Å². The molecular formula is C20H21FN4O. The van der Waals surface area contributed by atoms with Gasteiger partial charge in [0, 0.05) is 26.3 Å². The Kier molecular flexibility index (Phi) is 4.18. The van der Waals surface area contributed by atoms with Crippen LogP contribution in [0.15, 0.2) is 36.8 Å². The van der Waals surface area contributed by atoms with Crippen LogP contribution in [0.1, 0.15) is 27.9 Å². The van der Waals surface area contributed by atoms with Crippen LogP contribution >= 0.6 is 0 Å². The van der Waals surface area contributed by atoms with Crippen LogP contribution in [-0.2, 0) is 13.5 Å². The third-order valence-electron chi connectivity index (χ3n) is 5.15. The summed E-state index contributed by atoms with van der Waals surface area (Å²) in [6, 6.07) is 7.01. The summed E-state index contributed by atoms with van der Waals surface area (Å²) >= 11 is 0. The van der Waals surface area contributed by atoms with E-state index in [0.717, 1.165) is 24.9 Å². The highest BCUT2D eigenvalue weighted by atomic mass is 19.1. The number of carbonyl (C=O) groups is 1. The molecule has 0 bridgehead atoms. The molecule has 0 radical (unpaired) electrons. The second-order valence-electron chi connectivity index (χ2n) is 7.08. The zero-order chi connectivity index (χ0) is 18.3. The predicted octanol–water partition coefficient (Wildman–Crippen LogP) is 3.12. The number of aromatic nitrogens is 3. The predicted molar refractivity (Wildman–Crippen MR) is 97.4 cm³/mol. The standard InChI is InChI=1S/C20H21FN4O/c1-13-9-14(3-4-17(13)21)10-15-6-8-25(11-15)20(26)16-5-7-22-19-18(16)23-12-24(19)2/h3-5,7,9,12,15H,6,8,10-11H2,1-2H3. The van der Waals surface area contributed by atoms with E-state index in [1.807, 2.05) is 28.6 Å². The minimum Gasteiger partial charge on any atom is -0.338 e. The molecule has 3 heterocycles. The number of imidazole rings is 1. The van der Waals surface area contributed by atoms with E-state index in [2.05, 4.69) is 9.97 Å². The topological polar surface area (TPSA) is 51.0 Å². The van der Waals surface area contributed by atoms with Crippen LogP contribution in [0, 0.1) is 18.7 Å². The first-order valence-electron chi connectivity index (χ1n) is 8.83. The van der Waals surface area contributed by atoms with E-state index >= 15 is 0 Å². The van der Waals surface area contributed by atoms with E-state index in [-0.39, 0.29) is 11.7 Å².